The van der Waals surface area contributed by atoms with Crippen LogP contribution in [0.15, 0.2) is 15.0 Å². The van der Waals surface area contributed by atoms with Crippen LogP contribution in [0.1, 0.15) is 13.8 Å². The second-order valence-corrected chi connectivity index (χ2v) is 2.19. The molecule has 0 N–H and O–H groups in total. The minimum absolute atomic E-state index is 0.472. The Labute approximate surface area is 65.0 Å². The third-order valence-corrected chi connectivity index (χ3v) is 1.44. The van der Waals surface area contributed by atoms with Crippen molar-refractivity contribution in [2.45, 2.75) is 13.8 Å². The Bertz CT molecular complexity index is 290. The van der Waals surface area contributed by atoms with Crippen LogP contribution in [0, 0.1) is 11.5 Å². The van der Waals surface area contributed by atoms with Gasteiger partial charge in [-0.15, -0.1) is 0 Å². The zero-order valence-corrected chi connectivity index (χ0v) is 6.50. The Morgan fingerprint density at radius 2 is 2.36 bits per heavy atom. The molecule has 0 aromatic heterocycles. The summed E-state index contributed by atoms with van der Waals surface area (Å²) in [4.78, 5) is 11.7. The molecule has 0 spiro atoms. The van der Waals surface area contributed by atoms with Crippen molar-refractivity contribution in [2.75, 3.05) is 6.67 Å². The van der Waals surface area contributed by atoms with Crippen molar-refractivity contribution in [1.82, 2.24) is 0 Å². The molecule has 11 heavy (non-hydrogen) atoms. The Morgan fingerprint density at radius 1 is 1.64 bits per heavy atom. The maximum Gasteiger partial charge on any atom is 0.205 e. The number of nitriles is 1. The average molecular weight is 148 g/mol. The lowest BCUT2D eigenvalue weighted by Gasteiger charge is -1.94. The molecule has 1 aliphatic rings. The van der Waals surface area contributed by atoms with E-state index >= 15 is 0 Å². The predicted octanol–water partition coefficient (Wildman–Crippen LogP) is 0.801. The molecular weight excluding hydrogens is 140 g/mol. The van der Waals surface area contributed by atoms with E-state index in [9.17, 15) is 0 Å². The second kappa shape index (κ2) is 3.06. The maximum absolute atomic E-state index is 8.25. The lowest BCUT2D eigenvalue weighted by molar-refractivity contribution is 1.10. The SMILES string of the molecule is CC1=NCN=C1/C(C)=N/C#N. The Hall–Kier alpha value is -1.50. The summed E-state index contributed by atoms with van der Waals surface area (Å²) < 4.78 is 0. The van der Waals surface area contributed by atoms with Gasteiger partial charge in [0.25, 0.3) is 0 Å². The van der Waals surface area contributed by atoms with Gasteiger partial charge in [0, 0.05) is 0 Å². The van der Waals surface area contributed by atoms with Crippen LogP contribution in [0.2, 0.25) is 0 Å². The summed E-state index contributed by atoms with van der Waals surface area (Å²) in [5.74, 6) is 0. The van der Waals surface area contributed by atoms with Gasteiger partial charge in [-0.1, -0.05) is 0 Å². The van der Waals surface area contributed by atoms with E-state index in [4.69, 9.17) is 5.26 Å². The summed E-state index contributed by atoms with van der Waals surface area (Å²) >= 11 is 0. The molecule has 0 unspecified atom stereocenters. The van der Waals surface area contributed by atoms with Crippen molar-refractivity contribution >= 4 is 17.1 Å². The molecule has 0 saturated carbocycles. The molecule has 0 saturated heterocycles. The largest absolute Gasteiger partial charge is 0.264 e. The standard InChI is InChI=1S/C7H8N4/c1-5(9-3-8)7-6(2)10-4-11-7/h4H2,1-2H3/b9-5+. The summed E-state index contributed by atoms with van der Waals surface area (Å²) in [7, 11) is 0. The first kappa shape index (κ1) is 7.61. The highest BCUT2D eigenvalue weighted by Gasteiger charge is 2.11. The topological polar surface area (TPSA) is 60.9 Å². The van der Waals surface area contributed by atoms with E-state index in [1.54, 1.807) is 13.1 Å². The van der Waals surface area contributed by atoms with Crippen LogP contribution in [-0.2, 0) is 0 Å². The van der Waals surface area contributed by atoms with Crippen LogP contribution in [0.4, 0.5) is 0 Å². The van der Waals surface area contributed by atoms with Crippen molar-refractivity contribution in [1.29, 1.82) is 5.26 Å². The summed E-state index contributed by atoms with van der Waals surface area (Å²) in [6, 6.07) is 0. The van der Waals surface area contributed by atoms with E-state index < -0.39 is 0 Å². The Kier molecular flexibility index (Phi) is 2.12. The van der Waals surface area contributed by atoms with Gasteiger partial charge in [-0.25, -0.2) is 0 Å². The minimum atomic E-state index is 0.472. The van der Waals surface area contributed by atoms with E-state index in [-0.39, 0.29) is 0 Å². The maximum atomic E-state index is 8.25. The van der Waals surface area contributed by atoms with E-state index in [1.165, 1.54) is 0 Å². The third kappa shape index (κ3) is 1.49. The molecule has 1 aliphatic heterocycles. The molecule has 56 valence electrons. The predicted molar refractivity (Wildman–Crippen MR) is 44.1 cm³/mol. The van der Waals surface area contributed by atoms with Crippen LogP contribution in [0.25, 0.3) is 0 Å². The zero-order chi connectivity index (χ0) is 8.27. The van der Waals surface area contributed by atoms with Crippen molar-refractivity contribution in [2.24, 2.45) is 15.0 Å². The van der Waals surface area contributed by atoms with Gasteiger partial charge in [0.05, 0.1) is 11.4 Å². The zero-order valence-electron chi connectivity index (χ0n) is 6.50. The molecule has 1 heterocycles. The van der Waals surface area contributed by atoms with Gasteiger partial charge in [-0.2, -0.15) is 10.3 Å². The summed E-state index contributed by atoms with van der Waals surface area (Å²) in [6.07, 6.45) is 1.72. The van der Waals surface area contributed by atoms with Crippen molar-refractivity contribution in [3.63, 3.8) is 0 Å². The molecule has 0 atom stereocenters. The van der Waals surface area contributed by atoms with Crippen molar-refractivity contribution in [3.8, 4) is 6.19 Å². The minimum Gasteiger partial charge on any atom is -0.264 e. The average Bonchev–Trinajstić information content (AvgIpc) is 2.36. The van der Waals surface area contributed by atoms with Gasteiger partial charge >= 0.3 is 0 Å². The first-order valence-electron chi connectivity index (χ1n) is 3.25. The Balaban J connectivity index is 2.87. The summed E-state index contributed by atoms with van der Waals surface area (Å²) in [5, 5.41) is 8.25. The monoisotopic (exact) mass is 148 g/mol. The first-order valence-corrected chi connectivity index (χ1v) is 3.25. The highest BCUT2D eigenvalue weighted by atomic mass is 15.0. The number of nitrogens with zero attached hydrogens (tertiary/aromatic N) is 4. The van der Waals surface area contributed by atoms with Gasteiger partial charge < -0.3 is 0 Å². The quantitative estimate of drug-likeness (QED) is 0.400. The number of hydrogen-bond acceptors (Lipinski definition) is 4. The van der Waals surface area contributed by atoms with Crippen LogP contribution < -0.4 is 0 Å². The van der Waals surface area contributed by atoms with Crippen LogP contribution >= 0.6 is 0 Å². The molecule has 0 aromatic carbocycles. The fraction of sp³-hybridized carbons (Fsp3) is 0.429. The van der Waals surface area contributed by atoms with E-state index in [0.29, 0.717) is 12.4 Å². The first-order chi connectivity index (χ1) is 5.25. The van der Waals surface area contributed by atoms with Gasteiger partial charge in [0.1, 0.15) is 12.4 Å². The molecular formula is C7H8N4. The Morgan fingerprint density at radius 3 is 2.82 bits per heavy atom. The lowest BCUT2D eigenvalue weighted by atomic mass is 10.2. The van der Waals surface area contributed by atoms with E-state index in [0.717, 1.165) is 11.4 Å². The second-order valence-electron chi connectivity index (χ2n) is 2.19. The van der Waals surface area contributed by atoms with Crippen LogP contribution in [0.5, 0.6) is 0 Å². The highest BCUT2D eigenvalue weighted by molar-refractivity contribution is 6.68. The molecule has 0 aliphatic carbocycles. The fourth-order valence-electron chi connectivity index (χ4n) is 0.906. The lowest BCUT2D eigenvalue weighted by Crippen LogP contribution is -2.16. The number of hydrogen-bond donors (Lipinski definition) is 0. The summed E-state index contributed by atoms with van der Waals surface area (Å²) in [5.41, 5.74) is 2.26. The van der Waals surface area contributed by atoms with Crippen LogP contribution in [0.3, 0.4) is 0 Å². The smallest absolute Gasteiger partial charge is 0.205 e. The molecule has 0 fully saturated rings. The molecule has 0 amide bonds. The molecule has 0 bridgehead atoms. The number of rotatable bonds is 1. The fourth-order valence-corrected chi connectivity index (χ4v) is 0.906. The van der Waals surface area contributed by atoms with Gasteiger partial charge in [0.2, 0.25) is 6.19 Å². The van der Waals surface area contributed by atoms with Gasteiger partial charge in [0.15, 0.2) is 0 Å². The molecule has 0 radical (unpaired) electrons. The molecule has 1 rings (SSSR count). The molecule has 4 heteroatoms. The van der Waals surface area contributed by atoms with Gasteiger partial charge in [-0.05, 0) is 13.8 Å². The molecule has 0 aromatic rings. The van der Waals surface area contributed by atoms with Crippen molar-refractivity contribution < 1.29 is 0 Å². The van der Waals surface area contributed by atoms with E-state index in [1.807, 2.05) is 6.92 Å². The highest BCUT2D eigenvalue weighted by Crippen LogP contribution is 1.97. The van der Waals surface area contributed by atoms with Crippen LogP contribution in [-0.4, -0.2) is 23.8 Å². The van der Waals surface area contributed by atoms with E-state index in [2.05, 4.69) is 15.0 Å². The number of aliphatic imine (C=N–C) groups is 3. The molecule has 4 nitrogen and oxygen atoms in total. The normalized spacial score (nSPS) is 17.4. The third-order valence-electron chi connectivity index (χ3n) is 1.44. The summed E-state index contributed by atoms with van der Waals surface area (Å²) in [6.45, 7) is 4.09. The van der Waals surface area contributed by atoms with Gasteiger partial charge in [-0.3, -0.25) is 9.98 Å². The van der Waals surface area contributed by atoms with Crippen molar-refractivity contribution in [3.05, 3.63) is 0 Å².